The van der Waals surface area contributed by atoms with Gasteiger partial charge in [-0.3, -0.25) is 19.2 Å². The van der Waals surface area contributed by atoms with Crippen molar-refractivity contribution in [2.75, 3.05) is 6.61 Å². The third-order valence-electron chi connectivity index (χ3n) is 5.79. The highest BCUT2D eigenvalue weighted by atomic mass is 16.4. The number of carbonyl (C=O) groups excluding carboxylic acids is 4. The van der Waals surface area contributed by atoms with Gasteiger partial charge < -0.3 is 37.2 Å². The molecule has 0 rings (SSSR count). The van der Waals surface area contributed by atoms with Gasteiger partial charge in [0, 0.05) is 0 Å². The molecule has 0 aromatic rings. The number of amides is 4. The van der Waals surface area contributed by atoms with Crippen LogP contribution in [0.3, 0.4) is 0 Å². The maximum Gasteiger partial charge on any atom is 0.326 e. The Bertz CT molecular complexity index is 759. The summed E-state index contributed by atoms with van der Waals surface area (Å²) in [7, 11) is 0. The Kier molecular flexibility index (Phi) is 14.9. The van der Waals surface area contributed by atoms with Crippen LogP contribution < -0.4 is 27.0 Å². The number of hydrogen-bond acceptors (Lipinski definition) is 7. The van der Waals surface area contributed by atoms with E-state index in [-0.39, 0.29) is 24.2 Å². The molecule has 0 aliphatic heterocycles. The molecule has 12 nitrogen and oxygen atoms in total. The fourth-order valence-corrected chi connectivity index (χ4v) is 3.32. The van der Waals surface area contributed by atoms with Crippen molar-refractivity contribution in [3.8, 4) is 0 Å². The predicted octanol–water partition coefficient (Wildman–Crippen LogP) is -0.512. The molecule has 208 valence electrons. The first-order valence-electron chi connectivity index (χ1n) is 12.4. The molecule has 0 aliphatic carbocycles. The second-order valence-electron chi connectivity index (χ2n) is 10.1. The third-order valence-corrected chi connectivity index (χ3v) is 5.79. The molecule has 36 heavy (non-hydrogen) atoms. The van der Waals surface area contributed by atoms with Crippen LogP contribution >= 0.6 is 0 Å². The largest absolute Gasteiger partial charge is 0.480 e. The Labute approximate surface area is 213 Å². The summed E-state index contributed by atoms with van der Waals surface area (Å²) < 4.78 is 0. The van der Waals surface area contributed by atoms with Gasteiger partial charge in [0.2, 0.25) is 23.6 Å². The Hall–Kier alpha value is -2.73. The van der Waals surface area contributed by atoms with Crippen LogP contribution in [0.4, 0.5) is 0 Å². The minimum atomic E-state index is -1.41. The average Bonchev–Trinajstić information content (AvgIpc) is 2.79. The number of nitrogens with two attached hydrogens (primary N) is 1. The smallest absolute Gasteiger partial charge is 0.326 e. The average molecular weight is 516 g/mol. The van der Waals surface area contributed by atoms with E-state index in [2.05, 4.69) is 21.3 Å². The van der Waals surface area contributed by atoms with Crippen molar-refractivity contribution in [1.82, 2.24) is 21.3 Å². The summed E-state index contributed by atoms with van der Waals surface area (Å²) in [5.74, 6) is -3.95. The van der Waals surface area contributed by atoms with Crippen LogP contribution in [0.2, 0.25) is 0 Å². The van der Waals surface area contributed by atoms with E-state index < -0.39 is 66.4 Å². The number of carbonyl (C=O) groups is 5. The van der Waals surface area contributed by atoms with Gasteiger partial charge in [-0.1, -0.05) is 48.0 Å². The van der Waals surface area contributed by atoms with Gasteiger partial charge in [-0.25, -0.2) is 4.79 Å². The second kappa shape index (κ2) is 16.1. The zero-order valence-electron chi connectivity index (χ0n) is 22.5. The first-order valence-corrected chi connectivity index (χ1v) is 12.4. The molecular weight excluding hydrogens is 470 g/mol. The lowest BCUT2D eigenvalue weighted by Crippen LogP contribution is -2.59. The van der Waals surface area contributed by atoms with E-state index in [1.165, 1.54) is 6.92 Å². The number of carboxylic acids is 1. The van der Waals surface area contributed by atoms with Gasteiger partial charge in [-0.05, 0) is 37.5 Å². The van der Waals surface area contributed by atoms with E-state index in [1.54, 1.807) is 13.8 Å². The molecule has 0 saturated heterocycles. The Morgan fingerprint density at radius 1 is 0.694 bits per heavy atom. The van der Waals surface area contributed by atoms with Crippen LogP contribution in [0.15, 0.2) is 0 Å². The SMILES string of the molecule is CC[C@H](C)[C@H](N)C(=O)N[C@@H](CC(C)C)C(=O)N[C@@H](C)C(=O)N[C@@H](CO)C(=O)N[C@@H](CC(C)C)C(=O)O. The molecule has 0 heterocycles. The summed E-state index contributed by atoms with van der Waals surface area (Å²) in [4.78, 5) is 61.8. The van der Waals surface area contributed by atoms with E-state index in [9.17, 15) is 34.2 Å². The van der Waals surface area contributed by atoms with Gasteiger partial charge in [-0.15, -0.1) is 0 Å². The molecule has 0 aliphatic rings. The summed E-state index contributed by atoms with van der Waals surface area (Å²) in [5, 5.41) is 28.7. The number of aliphatic hydroxyl groups excluding tert-OH is 1. The number of aliphatic carboxylic acids is 1. The summed E-state index contributed by atoms with van der Waals surface area (Å²) >= 11 is 0. The van der Waals surface area contributed by atoms with Crippen molar-refractivity contribution in [2.24, 2.45) is 23.5 Å². The van der Waals surface area contributed by atoms with Crippen molar-refractivity contribution in [3.05, 3.63) is 0 Å². The Balaban J connectivity index is 5.23. The fraction of sp³-hybridized carbons (Fsp3) is 0.792. The third kappa shape index (κ3) is 11.8. The Morgan fingerprint density at radius 2 is 1.14 bits per heavy atom. The van der Waals surface area contributed by atoms with Crippen LogP contribution in [0.25, 0.3) is 0 Å². The highest BCUT2D eigenvalue weighted by Crippen LogP contribution is 2.09. The van der Waals surface area contributed by atoms with E-state index in [1.807, 2.05) is 27.7 Å². The number of hydrogen-bond donors (Lipinski definition) is 7. The van der Waals surface area contributed by atoms with Crippen LogP contribution in [-0.2, 0) is 24.0 Å². The molecule has 0 unspecified atom stereocenters. The zero-order valence-corrected chi connectivity index (χ0v) is 22.5. The monoisotopic (exact) mass is 515 g/mol. The molecule has 0 aromatic heterocycles. The van der Waals surface area contributed by atoms with E-state index >= 15 is 0 Å². The van der Waals surface area contributed by atoms with Crippen LogP contribution in [0.1, 0.15) is 67.7 Å². The molecule has 0 radical (unpaired) electrons. The minimum absolute atomic E-state index is 0.0113. The van der Waals surface area contributed by atoms with Crippen molar-refractivity contribution >= 4 is 29.6 Å². The van der Waals surface area contributed by atoms with Crippen molar-refractivity contribution in [1.29, 1.82) is 0 Å². The summed E-state index contributed by atoms with van der Waals surface area (Å²) in [6, 6.07) is -5.41. The molecule has 12 heteroatoms. The topological polar surface area (TPSA) is 200 Å². The zero-order chi connectivity index (χ0) is 28.2. The van der Waals surface area contributed by atoms with Gasteiger partial charge in [0.25, 0.3) is 0 Å². The highest BCUT2D eigenvalue weighted by Gasteiger charge is 2.31. The van der Waals surface area contributed by atoms with Crippen LogP contribution in [0.5, 0.6) is 0 Å². The number of rotatable bonds is 16. The maximum atomic E-state index is 12.9. The van der Waals surface area contributed by atoms with Gasteiger partial charge in [-0.2, -0.15) is 0 Å². The quantitative estimate of drug-likeness (QED) is 0.142. The first-order chi connectivity index (χ1) is 16.6. The van der Waals surface area contributed by atoms with Gasteiger partial charge in [0.15, 0.2) is 0 Å². The van der Waals surface area contributed by atoms with E-state index in [4.69, 9.17) is 5.73 Å². The standard InChI is InChI=1S/C24H45N5O7/c1-8-14(6)19(25)23(34)27-16(9-12(2)3)21(32)26-15(7)20(31)29-18(11-30)22(33)28-17(24(35)36)10-13(4)5/h12-19,30H,8-11,25H2,1-7H3,(H,26,32)(H,27,34)(H,28,33)(H,29,31)(H,35,36)/t14-,15-,16-,17-,18-,19-/m0/s1. The number of nitrogens with one attached hydrogen (secondary N) is 4. The second-order valence-corrected chi connectivity index (χ2v) is 10.1. The van der Waals surface area contributed by atoms with Crippen LogP contribution in [-0.4, -0.2) is 76.6 Å². The number of carboxylic acid groups (broad SMARTS) is 1. The first kappa shape index (κ1) is 33.3. The van der Waals surface area contributed by atoms with Crippen molar-refractivity contribution in [2.45, 2.75) is 97.9 Å². The number of aliphatic hydroxyl groups is 1. The van der Waals surface area contributed by atoms with Crippen molar-refractivity contribution < 1.29 is 34.2 Å². The molecule has 4 amide bonds. The predicted molar refractivity (Wildman–Crippen MR) is 134 cm³/mol. The molecule has 0 saturated carbocycles. The van der Waals surface area contributed by atoms with Crippen molar-refractivity contribution in [3.63, 3.8) is 0 Å². The fourth-order valence-electron chi connectivity index (χ4n) is 3.32. The van der Waals surface area contributed by atoms with Gasteiger partial charge in [0.1, 0.15) is 24.2 Å². The molecule has 0 spiro atoms. The molecule has 6 atom stereocenters. The molecule has 0 aromatic carbocycles. The Morgan fingerprint density at radius 3 is 1.58 bits per heavy atom. The summed E-state index contributed by atoms with van der Waals surface area (Å²) in [5.41, 5.74) is 5.97. The molecular formula is C24H45N5O7. The lowest BCUT2D eigenvalue weighted by Gasteiger charge is -2.26. The van der Waals surface area contributed by atoms with E-state index in [0.29, 0.717) is 12.8 Å². The van der Waals surface area contributed by atoms with Gasteiger partial charge >= 0.3 is 5.97 Å². The lowest BCUT2D eigenvalue weighted by atomic mass is 9.97. The van der Waals surface area contributed by atoms with Crippen LogP contribution in [0, 0.1) is 17.8 Å². The van der Waals surface area contributed by atoms with E-state index in [0.717, 1.165) is 0 Å². The maximum absolute atomic E-state index is 12.9. The lowest BCUT2D eigenvalue weighted by molar-refractivity contribution is -0.143. The minimum Gasteiger partial charge on any atom is -0.480 e. The normalized spacial score (nSPS) is 16.3. The highest BCUT2D eigenvalue weighted by molar-refractivity contribution is 5.95. The molecule has 0 fully saturated rings. The summed E-state index contributed by atoms with van der Waals surface area (Å²) in [6.45, 7) is 11.7. The molecule has 8 N–H and O–H groups in total. The van der Waals surface area contributed by atoms with Gasteiger partial charge in [0.05, 0.1) is 12.6 Å². The summed E-state index contributed by atoms with van der Waals surface area (Å²) in [6.07, 6.45) is 1.17. The molecule has 0 bridgehead atoms.